The lowest BCUT2D eigenvalue weighted by Crippen LogP contribution is -2.71. The second kappa shape index (κ2) is 6.63. The van der Waals surface area contributed by atoms with E-state index in [0.717, 1.165) is 5.57 Å². The predicted molar refractivity (Wildman–Crippen MR) is 106 cm³/mol. The van der Waals surface area contributed by atoms with Crippen molar-refractivity contribution in [2.45, 2.75) is 90.1 Å². The molecule has 0 aliphatic heterocycles. The molecular weight excluding hydrogens is 372 g/mol. The third-order valence-electron chi connectivity index (χ3n) is 9.13. The van der Waals surface area contributed by atoms with Gasteiger partial charge in [0.1, 0.15) is 18.0 Å². The number of rotatable bonds is 2. The predicted octanol–water partition coefficient (Wildman–Crippen LogP) is 2.14. The molecule has 3 saturated carbocycles. The lowest BCUT2D eigenvalue weighted by atomic mass is 9.44. The van der Waals surface area contributed by atoms with Gasteiger partial charge in [0.15, 0.2) is 0 Å². The highest BCUT2D eigenvalue weighted by Gasteiger charge is 2.73. The standard InChI is InChI=1S/C23H34O6/c1-12(24)16-8-10-23(28)17-6-5-14-11-15(26)7-9-21(14,3)18(17)19(29-13(2)25)20(27)22(16,23)4/h5,15-20,26-28H,6-11H2,1-4H3. The average Bonchev–Trinajstić information content (AvgIpc) is 2.92. The summed E-state index contributed by atoms with van der Waals surface area (Å²) >= 11 is 0. The Labute approximate surface area is 172 Å². The van der Waals surface area contributed by atoms with Gasteiger partial charge in [0, 0.05) is 24.2 Å². The van der Waals surface area contributed by atoms with E-state index in [1.54, 1.807) is 6.92 Å². The van der Waals surface area contributed by atoms with E-state index in [0.29, 0.717) is 38.5 Å². The highest BCUT2D eigenvalue weighted by atomic mass is 16.6. The summed E-state index contributed by atoms with van der Waals surface area (Å²) in [6.07, 6.45) is 3.38. The molecule has 9 atom stereocenters. The van der Waals surface area contributed by atoms with Crippen LogP contribution in [0, 0.1) is 28.6 Å². The molecule has 4 rings (SSSR count). The normalized spacial score (nSPS) is 51.3. The summed E-state index contributed by atoms with van der Waals surface area (Å²) in [7, 11) is 0. The van der Waals surface area contributed by atoms with E-state index >= 15 is 0 Å². The maximum atomic E-state index is 12.4. The van der Waals surface area contributed by atoms with Crippen LogP contribution in [0.4, 0.5) is 0 Å². The molecule has 0 heterocycles. The summed E-state index contributed by atoms with van der Waals surface area (Å²) in [6, 6.07) is 0. The van der Waals surface area contributed by atoms with Crippen molar-refractivity contribution in [3.05, 3.63) is 11.6 Å². The minimum Gasteiger partial charge on any atom is -0.459 e. The summed E-state index contributed by atoms with van der Waals surface area (Å²) < 4.78 is 5.76. The Morgan fingerprint density at radius 3 is 2.45 bits per heavy atom. The Bertz CT molecular complexity index is 760. The molecule has 29 heavy (non-hydrogen) atoms. The third kappa shape index (κ3) is 2.64. The zero-order valence-electron chi connectivity index (χ0n) is 17.9. The van der Waals surface area contributed by atoms with E-state index < -0.39 is 35.1 Å². The number of ketones is 1. The SMILES string of the molecule is CC(=O)OC1C2C(CC=C3CC(O)CCC32C)C2(O)CCC(C(C)=O)C2(C)C1O. The van der Waals surface area contributed by atoms with E-state index in [1.807, 2.05) is 0 Å². The first-order chi connectivity index (χ1) is 13.5. The summed E-state index contributed by atoms with van der Waals surface area (Å²) in [4.78, 5) is 24.5. The molecule has 0 bridgehead atoms. The van der Waals surface area contributed by atoms with E-state index in [1.165, 1.54) is 13.8 Å². The quantitative estimate of drug-likeness (QED) is 0.479. The van der Waals surface area contributed by atoms with Crippen LogP contribution in [0.1, 0.15) is 66.2 Å². The van der Waals surface area contributed by atoms with Crippen LogP contribution in [-0.4, -0.2) is 51.0 Å². The Hall–Kier alpha value is -1.24. The lowest BCUT2D eigenvalue weighted by Gasteiger charge is -2.64. The van der Waals surface area contributed by atoms with E-state index in [2.05, 4.69) is 13.0 Å². The van der Waals surface area contributed by atoms with Gasteiger partial charge >= 0.3 is 5.97 Å². The highest BCUT2D eigenvalue weighted by Crippen LogP contribution is 2.68. The second-order valence-corrected chi connectivity index (χ2v) is 10.3. The van der Waals surface area contributed by atoms with E-state index in [-0.39, 0.29) is 29.1 Å². The summed E-state index contributed by atoms with van der Waals surface area (Å²) in [6.45, 7) is 6.78. The highest BCUT2D eigenvalue weighted by molar-refractivity contribution is 5.80. The van der Waals surface area contributed by atoms with Crippen LogP contribution < -0.4 is 0 Å². The first kappa shape index (κ1) is 21.0. The van der Waals surface area contributed by atoms with Crippen LogP contribution in [0.15, 0.2) is 11.6 Å². The molecular formula is C23H34O6. The van der Waals surface area contributed by atoms with Crippen molar-refractivity contribution in [1.82, 2.24) is 0 Å². The van der Waals surface area contributed by atoms with Gasteiger partial charge < -0.3 is 20.1 Å². The molecule has 0 saturated heterocycles. The number of esters is 1. The molecule has 6 nitrogen and oxygen atoms in total. The van der Waals surface area contributed by atoms with Gasteiger partial charge in [0.05, 0.1) is 11.7 Å². The van der Waals surface area contributed by atoms with Crippen molar-refractivity contribution >= 4 is 11.8 Å². The van der Waals surface area contributed by atoms with E-state index in [4.69, 9.17) is 4.74 Å². The zero-order valence-corrected chi connectivity index (χ0v) is 17.9. The monoisotopic (exact) mass is 406 g/mol. The van der Waals surface area contributed by atoms with Crippen LogP contribution in [-0.2, 0) is 14.3 Å². The van der Waals surface area contributed by atoms with Crippen LogP contribution in [0.2, 0.25) is 0 Å². The van der Waals surface area contributed by atoms with Crippen molar-refractivity contribution in [2.24, 2.45) is 28.6 Å². The van der Waals surface area contributed by atoms with Gasteiger partial charge in [0.25, 0.3) is 0 Å². The molecule has 0 aromatic rings. The molecule has 0 aromatic carbocycles. The number of aliphatic hydroxyl groups excluding tert-OH is 2. The first-order valence-electron chi connectivity index (χ1n) is 10.9. The van der Waals surface area contributed by atoms with Crippen LogP contribution >= 0.6 is 0 Å². The summed E-state index contributed by atoms with van der Waals surface area (Å²) in [5, 5.41) is 33.8. The van der Waals surface area contributed by atoms with Crippen molar-refractivity contribution in [3.8, 4) is 0 Å². The second-order valence-electron chi connectivity index (χ2n) is 10.3. The van der Waals surface area contributed by atoms with E-state index in [9.17, 15) is 24.9 Å². The molecule has 3 N–H and O–H groups in total. The molecule has 6 heteroatoms. The number of ether oxygens (including phenoxy) is 1. The fraction of sp³-hybridized carbons (Fsp3) is 0.826. The maximum Gasteiger partial charge on any atom is 0.303 e. The van der Waals surface area contributed by atoms with Crippen LogP contribution in [0.5, 0.6) is 0 Å². The topological polar surface area (TPSA) is 104 Å². The summed E-state index contributed by atoms with van der Waals surface area (Å²) in [5.74, 6) is -1.43. The number of Topliss-reactive ketones (excluding diaryl/α,β-unsaturated/α-hetero) is 1. The fourth-order valence-electron chi connectivity index (χ4n) is 7.63. The number of carbonyl (C=O) groups is 2. The summed E-state index contributed by atoms with van der Waals surface area (Å²) in [5.41, 5.74) is -1.49. The van der Waals surface area contributed by atoms with Gasteiger partial charge in [-0.15, -0.1) is 0 Å². The largest absolute Gasteiger partial charge is 0.459 e. The molecule has 0 radical (unpaired) electrons. The molecule has 9 unspecified atom stereocenters. The maximum absolute atomic E-state index is 12.4. The molecule has 0 aromatic heterocycles. The number of carbonyl (C=O) groups excluding carboxylic acids is 2. The van der Waals surface area contributed by atoms with Crippen molar-refractivity contribution in [1.29, 1.82) is 0 Å². The van der Waals surface area contributed by atoms with Gasteiger partial charge in [-0.3, -0.25) is 9.59 Å². The van der Waals surface area contributed by atoms with Crippen molar-refractivity contribution in [2.75, 3.05) is 0 Å². The van der Waals surface area contributed by atoms with Gasteiger partial charge in [-0.25, -0.2) is 0 Å². The Kier molecular flexibility index (Phi) is 4.80. The number of allylic oxidation sites excluding steroid dienone is 1. The van der Waals surface area contributed by atoms with Crippen molar-refractivity contribution < 1.29 is 29.6 Å². The van der Waals surface area contributed by atoms with Gasteiger partial charge in [-0.1, -0.05) is 25.5 Å². The fourth-order valence-corrected chi connectivity index (χ4v) is 7.63. The molecule has 0 spiro atoms. The third-order valence-corrected chi connectivity index (χ3v) is 9.13. The van der Waals surface area contributed by atoms with Gasteiger partial charge in [-0.2, -0.15) is 0 Å². The number of aliphatic hydroxyl groups is 3. The Morgan fingerprint density at radius 2 is 1.83 bits per heavy atom. The molecule has 0 amide bonds. The molecule has 162 valence electrons. The number of hydrogen-bond donors (Lipinski definition) is 3. The van der Waals surface area contributed by atoms with Crippen LogP contribution in [0.3, 0.4) is 0 Å². The lowest BCUT2D eigenvalue weighted by molar-refractivity contribution is -0.268. The zero-order chi connectivity index (χ0) is 21.4. The van der Waals surface area contributed by atoms with Gasteiger partial charge in [0.2, 0.25) is 0 Å². The number of hydrogen-bond acceptors (Lipinski definition) is 6. The Morgan fingerprint density at radius 1 is 1.14 bits per heavy atom. The first-order valence-corrected chi connectivity index (χ1v) is 10.9. The van der Waals surface area contributed by atoms with Gasteiger partial charge in [-0.05, 0) is 56.8 Å². The molecule has 4 aliphatic rings. The minimum atomic E-state index is -1.20. The molecule has 4 aliphatic carbocycles. The van der Waals surface area contributed by atoms with Crippen molar-refractivity contribution in [3.63, 3.8) is 0 Å². The molecule has 3 fully saturated rings. The van der Waals surface area contributed by atoms with Crippen LogP contribution in [0.25, 0.3) is 0 Å². The minimum absolute atomic E-state index is 0.0402. The smallest absolute Gasteiger partial charge is 0.303 e. The Balaban J connectivity index is 1.87. The average molecular weight is 407 g/mol. The number of fused-ring (bicyclic) bond motifs is 5.